The number of benzene rings is 1. The van der Waals surface area contributed by atoms with E-state index in [1.807, 2.05) is 0 Å². The van der Waals surface area contributed by atoms with Crippen LogP contribution in [0, 0.1) is 17.7 Å². The van der Waals surface area contributed by atoms with Gasteiger partial charge in [0.25, 0.3) is 0 Å². The number of rotatable bonds is 0. The predicted molar refractivity (Wildman–Crippen MR) is 43.0 cm³/mol. The summed E-state index contributed by atoms with van der Waals surface area (Å²) >= 11 is 0. The molecule has 1 saturated heterocycles. The van der Waals surface area contributed by atoms with E-state index in [0.717, 1.165) is 12.2 Å². The van der Waals surface area contributed by atoms with Crippen LogP contribution in [-0.4, -0.2) is 12.7 Å². The number of halogens is 1. The first-order valence-corrected chi connectivity index (χ1v) is 3.73. The van der Waals surface area contributed by atoms with Crippen molar-refractivity contribution >= 4 is 0 Å². The van der Waals surface area contributed by atoms with Crippen LogP contribution in [0.3, 0.4) is 0 Å². The molecule has 2 rings (SSSR count). The van der Waals surface area contributed by atoms with Crippen LogP contribution in [0.15, 0.2) is 24.3 Å². The first kappa shape index (κ1) is 7.33. The van der Waals surface area contributed by atoms with Crippen LogP contribution < -0.4 is 0 Å². The van der Waals surface area contributed by atoms with E-state index in [9.17, 15) is 4.39 Å². The highest BCUT2D eigenvalue weighted by Crippen LogP contribution is 2.07. The summed E-state index contributed by atoms with van der Waals surface area (Å²) in [6.45, 7) is 0.730. The van der Waals surface area contributed by atoms with Gasteiger partial charge in [-0.1, -0.05) is 11.8 Å². The highest BCUT2D eigenvalue weighted by molar-refractivity contribution is 5.35. The SMILES string of the molecule is Fc1ccc(C#CC2CO2)cc1. The quantitative estimate of drug-likeness (QED) is 0.416. The first-order valence-electron chi connectivity index (χ1n) is 3.73. The van der Waals surface area contributed by atoms with Crippen LogP contribution in [0.25, 0.3) is 0 Å². The molecule has 1 fully saturated rings. The van der Waals surface area contributed by atoms with Crippen molar-refractivity contribution in [1.82, 2.24) is 0 Å². The molecule has 0 bridgehead atoms. The third-order valence-electron chi connectivity index (χ3n) is 1.56. The number of hydrogen-bond acceptors (Lipinski definition) is 1. The maximum atomic E-state index is 12.4. The Morgan fingerprint density at radius 3 is 2.58 bits per heavy atom. The van der Waals surface area contributed by atoms with Gasteiger partial charge in [-0.05, 0) is 24.3 Å². The molecule has 12 heavy (non-hydrogen) atoms. The van der Waals surface area contributed by atoms with E-state index in [1.165, 1.54) is 12.1 Å². The van der Waals surface area contributed by atoms with E-state index in [0.29, 0.717) is 0 Å². The molecular formula is C10H7FO. The van der Waals surface area contributed by atoms with Crippen molar-refractivity contribution < 1.29 is 9.13 Å². The van der Waals surface area contributed by atoms with Crippen molar-refractivity contribution in [1.29, 1.82) is 0 Å². The van der Waals surface area contributed by atoms with Crippen LogP contribution in [0.1, 0.15) is 5.56 Å². The average Bonchev–Trinajstić information content (AvgIpc) is 2.87. The van der Waals surface area contributed by atoms with Gasteiger partial charge >= 0.3 is 0 Å². The van der Waals surface area contributed by atoms with Crippen LogP contribution in [0.5, 0.6) is 0 Å². The monoisotopic (exact) mass is 162 g/mol. The molecule has 0 amide bonds. The maximum absolute atomic E-state index is 12.4. The molecule has 0 saturated carbocycles. The second-order valence-corrected chi connectivity index (χ2v) is 2.60. The fourth-order valence-corrected chi connectivity index (χ4v) is 0.828. The van der Waals surface area contributed by atoms with E-state index >= 15 is 0 Å². The molecule has 1 unspecified atom stereocenters. The number of hydrogen-bond donors (Lipinski definition) is 0. The third kappa shape index (κ3) is 1.84. The van der Waals surface area contributed by atoms with Crippen molar-refractivity contribution in [3.05, 3.63) is 35.6 Å². The van der Waals surface area contributed by atoms with Crippen molar-refractivity contribution in [2.24, 2.45) is 0 Å². The molecule has 1 nitrogen and oxygen atoms in total. The van der Waals surface area contributed by atoms with Gasteiger partial charge in [-0.15, -0.1) is 0 Å². The van der Waals surface area contributed by atoms with Crippen LogP contribution >= 0.6 is 0 Å². The second-order valence-electron chi connectivity index (χ2n) is 2.60. The van der Waals surface area contributed by atoms with Gasteiger partial charge in [0.15, 0.2) is 0 Å². The molecule has 0 radical (unpaired) electrons. The van der Waals surface area contributed by atoms with Crippen molar-refractivity contribution in [2.75, 3.05) is 6.61 Å². The molecular weight excluding hydrogens is 155 g/mol. The lowest BCUT2D eigenvalue weighted by molar-refractivity contribution is 0.445. The Kier molecular flexibility index (Phi) is 1.81. The zero-order chi connectivity index (χ0) is 8.39. The smallest absolute Gasteiger partial charge is 0.142 e. The number of epoxide rings is 1. The van der Waals surface area contributed by atoms with Crippen molar-refractivity contribution in [2.45, 2.75) is 6.10 Å². The number of ether oxygens (including phenoxy) is 1. The summed E-state index contributed by atoms with van der Waals surface area (Å²) in [6, 6.07) is 6.12. The van der Waals surface area contributed by atoms with Crippen LogP contribution in [0.4, 0.5) is 4.39 Å². The van der Waals surface area contributed by atoms with Gasteiger partial charge in [-0.3, -0.25) is 0 Å². The highest BCUT2D eigenvalue weighted by Gasteiger charge is 2.18. The molecule has 1 aliphatic heterocycles. The molecule has 1 aromatic carbocycles. The fourth-order valence-electron chi connectivity index (χ4n) is 0.828. The zero-order valence-corrected chi connectivity index (χ0v) is 6.38. The summed E-state index contributed by atoms with van der Waals surface area (Å²) in [5, 5.41) is 0. The molecule has 2 heteroatoms. The standard InChI is InChI=1S/C10H7FO/c11-9-4-1-8(2-5-9)3-6-10-7-12-10/h1-2,4-5,10H,7H2. The Hall–Kier alpha value is -1.33. The minimum Gasteiger partial charge on any atom is -0.359 e. The summed E-state index contributed by atoms with van der Waals surface area (Å²) in [6.07, 6.45) is 0.107. The Morgan fingerprint density at radius 2 is 2.00 bits per heavy atom. The van der Waals surface area contributed by atoms with E-state index in [2.05, 4.69) is 11.8 Å². The van der Waals surface area contributed by atoms with Gasteiger partial charge in [0.05, 0.1) is 6.61 Å². The van der Waals surface area contributed by atoms with Crippen molar-refractivity contribution in [3.8, 4) is 11.8 Å². The molecule has 60 valence electrons. The summed E-state index contributed by atoms with van der Waals surface area (Å²) in [7, 11) is 0. The zero-order valence-electron chi connectivity index (χ0n) is 6.38. The minimum atomic E-state index is -0.233. The third-order valence-corrected chi connectivity index (χ3v) is 1.56. The van der Waals surface area contributed by atoms with Gasteiger partial charge in [0, 0.05) is 5.56 Å². The summed E-state index contributed by atoms with van der Waals surface area (Å²) in [5.41, 5.74) is 0.826. The topological polar surface area (TPSA) is 12.5 Å². The van der Waals surface area contributed by atoms with Crippen LogP contribution in [-0.2, 0) is 4.74 Å². The minimum absolute atomic E-state index is 0.107. The molecule has 1 heterocycles. The lowest BCUT2D eigenvalue weighted by Crippen LogP contribution is -1.78. The molecule has 0 spiro atoms. The van der Waals surface area contributed by atoms with Gasteiger partial charge in [-0.25, -0.2) is 4.39 Å². The predicted octanol–water partition coefficient (Wildman–Crippen LogP) is 1.58. The van der Waals surface area contributed by atoms with E-state index < -0.39 is 0 Å². The van der Waals surface area contributed by atoms with Gasteiger partial charge in [-0.2, -0.15) is 0 Å². The maximum Gasteiger partial charge on any atom is 0.142 e. The lowest BCUT2D eigenvalue weighted by Gasteiger charge is -1.87. The van der Waals surface area contributed by atoms with Crippen molar-refractivity contribution in [3.63, 3.8) is 0 Å². The molecule has 0 N–H and O–H groups in total. The van der Waals surface area contributed by atoms with E-state index in [4.69, 9.17) is 4.74 Å². The Balaban J connectivity index is 2.13. The highest BCUT2D eigenvalue weighted by atomic mass is 19.1. The van der Waals surface area contributed by atoms with Gasteiger partial charge < -0.3 is 4.74 Å². The molecule has 1 aromatic rings. The fraction of sp³-hybridized carbons (Fsp3) is 0.200. The molecule has 1 atom stereocenters. The first-order chi connectivity index (χ1) is 5.84. The summed E-state index contributed by atoms with van der Waals surface area (Å²) in [4.78, 5) is 0. The lowest BCUT2D eigenvalue weighted by atomic mass is 10.2. The second kappa shape index (κ2) is 2.96. The molecule has 0 aliphatic carbocycles. The molecule has 0 aromatic heterocycles. The summed E-state index contributed by atoms with van der Waals surface area (Å²) in [5.74, 6) is 5.56. The Morgan fingerprint density at radius 1 is 1.33 bits per heavy atom. The Bertz CT molecular complexity index is 327. The molecule has 1 aliphatic rings. The van der Waals surface area contributed by atoms with Gasteiger partial charge in [0.1, 0.15) is 11.9 Å². The van der Waals surface area contributed by atoms with Gasteiger partial charge in [0.2, 0.25) is 0 Å². The van der Waals surface area contributed by atoms with Crippen LogP contribution in [0.2, 0.25) is 0 Å². The summed E-state index contributed by atoms with van der Waals surface area (Å²) < 4.78 is 17.3. The normalized spacial score (nSPS) is 19.6. The average molecular weight is 162 g/mol. The van der Waals surface area contributed by atoms with E-state index in [-0.39, 0.29) is 11.9 Å². The van der Waals surface area contributed by atoms with E-state index in [1.54, 1.807) is 12.1 Å². The largest absolute Gasteiger partial charge is 0.359 e. The Labute approximate surface area is 70.2 Å².